The van der Waals surface area contributed by atoms with Crippen LogP contribution in [0, 0.1) is 0 Å². The first kappa shape index (κ1) is 9.71. The molecule has 2 nitrogen and oxygen atoms in total. The summed E-state index contributed by atoms with van der Waals surface area (Å²) < 4.78 is 34.7. The van der Waals surface area contributed by atoms with Gasteiger partial charge in [-0.25, -0.2) is 0 Å². The first-order valence-corrected chi connectivity index (χ1v) is 2.90. The molecule has 10 heavy (non-hydrogen) atoms. The maximum absolute atomic E-state index is 11.6. The van der Waals surface area contributed by atoms with Crippen molar-refractivity contribution in [3.8, 4) is 0 Å². The molecule has 0 aromatic rings. The lowest BCUT2D eigenvalue weighted by molar-refractivity contribution is -0.209. The number of nitrogens with two attached hydrogens (primary N) is 1. The number of hydrogen-bond donors (Lipinski definition) is 2. The summed E-state index contributed by atoms with van der Waals surface area (Å²) in [6, 6.07) is -1.21. The molecule has 0 saturated heterocycles. The highest BCUT2D eigenvalue weighted by Crippen LogP contribution is 2.22. The zero-order valence-electron chi connectivity index (χ0n) is 5.52. The molecule has 0 heterocycles. The topological polar surface area (TPSA) is 46.2 Å². The molecule has 0 aromatic heterocycles. The maximum atomic E-state index is 11.6. The van der Waals surface area contributed by atoms with Crippen LogP contribution in [0.1, 0.15) is 13.3 Å². The second kappa shape index (κ2) is 3.21. The molecule has 0 aliphatic heterocycles. The highest BCUT2D eigenvalue weighted by Gasteiger charge is 2.41. The number of hydrogen-bond acceptors (Lipinski definition) is 2. The Hall–Kier alpha value is -0.290. The van der Waals surface area contributed by atoms with Crippen LogP contribution in [0.5, 0.6) is 0 Å². The monoisotopic (exact) mass is 157 g/mol. The van der Waals surface area contributed by atoms with Crippen molar-refractivity contribution in [3.05, 3.63) is 0 Å². The van der Waals surface area contributed by atoms with E-state index in [1.165, 1.54) is 6.92 Å². The van der Waals surface area contributed by atoms with Crippen molar-refractivity contribution in [2.75, 3.05) is 0 Å². The Labute approximate surface area is 56.8 Å². The van der Waals surface area contributed by atoms with Crippen LogP contribution in [0.4, 0.5) is 13.2 Å². The fourth-order valence-corrected chi connectivity index (χ4v) is 0.466. The summed E-state index contributed by atoms with van der Waals surface area (Å²) in [5.41, 5.74) is 4.93. The third-order valence-electron chi connectivity index (χ3n) is 1.21. The Balaban J connectivity index is 3.94. The van der Waals surface area contributed by atoms with Gasteiger partial charge >= 0.3 is 6.18 Å². The van der Waals surface area contributed by atoms with Crippen LogP contribution < -0.4 is 5.73 Å². The number of halogens is 3. The van der Waals surface area contributed by atoms with Gasteiger partial charge in [-0.2, -0.15) is 13.2 Å². The van der Waals surface area contributed by atoms with E-state index in [-0.39, 0.29) is 6.42 Å². The van der Waals surface area contributed by atoms with Crippen molar-refractivity contribution in [3.63, 3.8) is 0 Å². The Bertz CT molecular complexity index is 104. The molecule has 3 N–H and O–H groups in total. The molecular weight excluding hydrogens is 147 g/mol. The van der Waals surface area contributed by atoms with Crippen LogP contribution in [-0.2, 0) is 0 Å². The van der Waals surface area contributed by atoms with Crippen molar-refractivity contribution in [1.82, 2.24) is 0 Å². The SMILES string of the molecule is CC[C@@H](N)[C@@H](O)C(F)(F)F. The zero-order chi connectivity index (χ0) is 8.36. The van der Waals surface area contributed by atoms with Gasteiger partial charge in [-0.1, -0.05) is 6.92 Å². The second-order valence-corrected chi connectivity index (χ2v) is 2.06. The lowest BCUT2D eigenvalue weighted by Gasteiger charge is -2.19. The Morgan fingerprint density at radius 1 is 1.50 bits per heavy atom. The molecule has 0 unspecified atom stereocenters. The highest BCUT2D eigenvalue weighted by atomic mass is 19.4. The summed E-state index contributed by atoms with van der Waals surface area (Å²) in [7, 11) is 0. The Morgan fingerprint density at radius 2 is 1.90 bits per heavy atom. The zero-order valence-corrected chi connectivity index (χ0v) is 5.52. The predicted molar refractivity (Wildman–Crippen MR) is 30.3 cm³/mol. The number of rotatable bonds is 2. The molecular formula is C5H10F3NO. The van der Waals surface area contributed by atoms with E-state index in [0.717, 1.165) is 0 Å². The van der Waals surface area contributed by atoms with Gasteiger partial charge in [-0.3, -0.25) is 0 Å². The molecule has 0 aromatic carbocycles. The van der Waals surface area contributed by atoms with Crippen LogP contribution in [0.3, 0.4) is 0 Å². The molecule has 0 bridgehead atoms. The van der Waals surface area contributed by atoms with Crippen molar-refractivity contribution >= 4 is 0 Å². The lowest BCUT2D eigenvalue weighted by Crippen LogP contribution is -2.44. The summed E-state index contributed by atoms with van der Waals surface area (Å²) in [4.78, 5) is 0. The highest BCUT2D eigenvalue weighted by molar-refractivity contribution is 4.76. The third kappa shape index (κ3) is 2.53. The summed E-state index contributed by atoms with van der Waals surface area (Å²) in [6.07, 6.45) is -6.87. The van der Waals surface area contributed by atoms with Crippen molar-refractivity contribution in [2.24, 2.45) is 5.73 Å². The minimum absolute atomic E-state index is 0.112. The molecule has 0 aliphatic rings. The van der Waals surface area contributed by atoms with Gasteiger partial charge in [0.25, 0.3) is 0 Å². The van der Waals surface area contributed by atoms with Crippen molar-refractivity contribution in [2.45, 2.75) is 31.7 Å². The van der Waals surface area contributed by atoms with E-state index in [1.54, 1.807) is 0 Å². The van der Waals surface area contributed by atoms with Gasteiger partial charge in [0.05, 0.1) is 0 Å². The predicted octanol–water partition coefficient (Wildman–Crippen LogP) is 0.647. The smallest absolute Gasteiger partial charge is 0.382 e. The Kier molecular flexibility index (Phi) is 3.11. The summed E-state index contributed by atoms with van der Waals surface area (Å²) in [5, 5.41) is 8.40. The van der Waals surface area contributed by atoms with Gasteiger partial charge in [0.15, 0.2) is 6.10 Å². The molecule has 0 amide bonds. The van der Waals surface area contributed by atoms with E-state index in [4.69, 9.17) is 10.8 Å². The molecule has 0 fully saturated rings. The molecule has 0 saturated carbocycles. The van der Waals surface area contributed by atoms with Crippen LogP contribution in [-0.4, -0.2) is 23.4 Å². The Morgan fingerprint density at radius 3 is 2.00 bits per heavy atom. The quantitative estimate of drug-likeness (QED) is 0.618. The molecule has 0 aliphatic carbocycles. The first-order chi connectivity index (χ1) is 4.39. The van der Waals surface area contributed by atoms with Crippen molar-refractivity contribution < 1.29 is 18.3 Å². The average molecular weight is 157 g/mol. The minimum Gasteiger partial charge on any atom is -0.382 e. The summed E-state index contributed by atoms with van der Waals surface area (Å²) in [6.45, 7) is 1.49. The van der Waals surface area contributed by atoms with Gasteiger partial charge < -0.3 is 10.8 Å². The minimum atomic E-state index is -4.59. The van der Waals surface area contributed by atoms with Gasteiger partial charge in [-0.05, 0) is 6.42 Å². The fraction of sp³-hybridized carbons (Fsp3) is 1.00. The van der Waals surface area contributed by atoms with Crippen molar-refractivity contribution in [1.29, 1.82) is 0 Å². The summed E-state index contributed by atoms with van der Waals surface area (Å²) in [5.74, 6) is 0. The van der Waals surface area contributed by atoms with E-state index < -0.39 is 18.3 Å². The molecule has 0 rings (SSSR count). The normalized spacial score (nSPS) is 18.6. The van der Waals surface area contributed by atoms with Gasteiger partial charge in [0.1, 0.15) is 0 Å². The van der Waals surface area contributed by atoms with Gasteiger partial charge in [0.2, 0.25) is 0 Å². The first-order valence-electron chi connectivity index (χ1n) is 2.90. The van der Waals surface area contributed by atoms with E-state index >= 15 is 0 Å². The van der Waals surface area contributed by atoms with Crippen LogP contribution in [0.2, 0.25) is 0 Å². The number of alkyl halides is 3. The summed E-state index contributed by atoms with van der Waals surface area (Å²) >= 11 is 0. The van der Waals surface area contributed by atoms with Crippen LogP contribution >= 0.6 is 0 Å². The lowest BCUT2D eigenvalue weighted by atomic mass is 10.1. The van der Waals surface area contributed by atoms with E-state index in [0.29, 0.717) is 0 Å². The van der Waals surface area contributed by atoms with Crippen LogP contribution in [0.25, 0.3) is 0 Å². The standard InChI is InChI=1S/C5H10F3NO/c1-2-3(9)4(10)5(6,7)8/h3-4,10H,2,9H2,1H3/t3-,4-/m1/s1. The molecule has 0 spiro atoms. The second-order valence-electron chi connectivity index (χ2n) is 2.06. The molecule has 2 atom stereocenters. The largest absolute Gasteiger partial charge is 0.415 e. The van der Waals surface area contributed by atoms with Gasteiger partial charge in [0, 0.05) is 6.04 Å². The third-order valence-corrected chi connectivity index (χ3v) is 1.21. The van der Waals surface area contributed by atoms with E-state index in [1.807, 2.05) is 0 Å². The number of aliphatic hydroxyl groups excluding tert-OH is 1. The molecule has 0 radical (unpaired) electrons. The van der Waals surface area contributed by atoms with Crippen LogP contribution in [0.15, 0.2) is 0 Å². The molecule has 62 valence electrons. The average Bonchev–Trinajstić information content (AvgIpc) is 1.83. The fourth-order valence-electron chi connectivity index (χ4n) is 0.466. The van der Waals surface area contributed by atoms with E-state index in [2.05, 4.69) is 0 Å². The maximum Gasteiger partial charge on any atom is 0.415 e. The molecule has 5 heteroatoms. The van der Waals surface area contributed by atoms with Gasteiger partial charge in [-0.15, -0.1) is 0 Å². The number of aliphatic hydroxyl groups is 1. The van der Waals surface area contributed by atoms with E-state index in [9.17, 15) is 13.2 Å².